The second kappa shape index (κ2) is 7.28. The Labute approximate surface area is 166 Å². The molecular formula is C28H26. The third kappa shape index (κ3) is 3.14. The first-order valence-electron chi connectivity index (χ1n) is 10.6. The van der Waals surface area contributed by atoms with E-state index in [1.165, 1.54) is 80.8 Å². The van der Waals surface area contributed by atoms with Gasteiger partial charge in [0.25, 0.3) is 0 Å². The lowest BCUT2D eigenvalue weighted by Gasteiger charge is -2.10. The highest BCUT2D eigenvalue weighted by molar-refractivity contribution is 6.08. The van der Waals surface area contributed by atoms with E-state index in [2.05, 4.69) is 85.8 Å². The molecule has 0 atom stereocenters. The maximum atomic E-state index is 2.41. The van der Waals surface area contributed by atoms with E-state index in [0.29, 0.717) is 0 Å². The molecule has 28 heavy (non-hydrogen) atoms. The molecule has 5 rings (SSSR count). The fourth-order valence-corrected chi connectivity index (χ4v) is 4.50. The Morgan fingerprint density at radius 3 is 1.75 bits per heavy atom. The summed E-state index contributed by atoms with van der Waals surface area (Å²) >= 11 is 0. The molecule has 0 saturated heterocycles. The average molecular weight is 363 g/mol. The van der Waals surface area contributed by atoms with Crippen LogP contribution in [0, 0.1) is 0 Å². The lowest BCUT2D eigenvalue weighted by atomic mass is 9.94. The van der Waals surface area contributed by atoms with Gasteiger partial charge in [0, 0.05) is 0 Å². The van der Waals surface area contributed by atoms with Crippen LogP contribution < -0.4 is 0 Å². The first kappa shape index (κ1) is 17.3. The highest BCUT2D eigenvalue weighted by Gasteiger charge is 2.06. The molecule has 0 radical (unpaired) electrons. The summed E-state index contributed by atoms with van der Waals surface area (Å²) in [5.74, 6) is 0. The minimum Gasteiger partial charge on any atom is -0.0654 e. The molecule has 0 heterocycles. The van der Waals surface area contributed by atoms with Gasteiger partial charge in [-0.2, -0.15) is 0 Å². The summed E-state index contributed by atoms with van der Waals surface area (Å²) in [6, 6.07) is 29.6. The molecule has 0 aromatic heterocycles. The van der Waals surface area contributed by atoms with Gasteiger partial charge in [-0.1, -0.05) is 68.7 Å². The number of benzene rings is 5. The van der Waals surface area contributed by atoms with E-state index in [1.54, 1.807) is 0 Å². The van der Waals surface area contributed by atoms with Crippen molar-refractivity contribution in [3.63, 3.8) is 0 Å². The van der Waals surface area contributed by atoms with Crippen molar-refractivity contribution in [1.29, 1.82) is 0 Å². The second-order valence-electron chi connectivity index (χ2n) is 8.05. The number of unbranched alkanes of at least 4 members (excludes halogenated alkanes) is 3. The SMILES string of the molecule is CCCCCCc1cccc2cc3cc4cc5ccccc5cc4cc3cc12. The molecular weight excluding hydrogens is 336 g/mol. The second-order valence-corrected chi connectivity index (χ2v) is 8.05. The van der Waals surface area contributed by atoms with Crippen LogP contribution in [-0.4, -0.2) is 0 Å². The van der Waals surface area contributed by atoms with E-state index in [0.717, 1.165) is 0 Å². The van der Waals surface area contributed by atoms with Gasteiger partial charge in [0.1, 0.15) is 0 Å². The van der Waals surface area contributed by atoms with Gasteiger partial charge in [0.05, 0.1) is 0 Å². The topological polar surface area (TPSA) is 0 Å². The lowest BCUT2D eigenvalue weighted by Crippen LogP contribution is -1.89. The van der Waals surface area contributed by atoms with Gasteiger partial charge < -0.3 is 0 Å². The molecule has 0 nitrogen and oxygen atoms in total. The maximum Gasteiger partial charge on any atom is -0.0146 e. The van der Waals surface area contributed by atoms with E-state index in [9.17, 15) is 0 Å². The number of hydrogen-bond acceptors (Lipinski definition) is 0. The standard InChI is InChI=1S/C28H26/c1-2-3-4-5-9-20-12-8-13-23-16-26-17-24-14-21-10-6-7-11-22(21)15-25(24)18-27(26)19-28(20)23/h6-8,10-19H,2-5,9H2,1H3. The molecule has 0 amide bonds. The summed E-state index contributed by atoms with van der Waals surface area (Å²) in [5, 5.41) is 10.7. The monoisotopic (exact) mass is 362 g/mol. The van der Waals surface area contributed by atoms with E-state index in [1.807, 2.05) is 0 Å². The molecule has 0 bridgehead atoms. The fraction of sp³-hybridized carbons (Fsp3) is 0.214. The predicted molar refractivity (Wildman–Crippen MR) is 124 cm³/mol. The Bertz CT molecular complexity index is 1290. The first-order valence-corrected chi connectivity index (χ1v) is 10.6. The van der Waals surface area contributed by atoms with Crippen molar-refractivity contribution in [2.45, 2.75) is 39.0 Å². The van der Waals surface area contributed by atoms with Gasteiger partial charge in [-0.25, -0.2) is 0 Å². The molecule has 0 aliphatic rings. The number of hydrogen-bond donors (Lipinski definition) is 0. The zero-order valence-corrected chi connectivity index (χ0v) is 16.5. The van der Waals surface area contributed by atoms with Crippen molar-refractivity contribution in [2.75, 3.05) is 0 Å². The molecule has 0 saturated carbocycles. The smallest absolute Gasteiger partial charge is 0.0146 e. The van der Waals surface area contributed by atoms with Gasteiger partial charge in [-0.15, -0.1) is 0 Å². The van der Waals surface area contributed by atoms with Crippen LogP contribution in [0.5, 0.6) is 0 Å². The molecule has 5 aromatic rings. The number of rotatable bonds is 5. The van der Waals surface area contributed by atoms with Gasteiger partial charge in [-0.3, -0.25) is 0 Å². The van der Waals surface area contributed by atoms with E-state index >= 15 is 0 Å². The molecule has 0 spiro atoms. The summed E-state index contributed by atoms with van der Waals surface area (Å²) in [4.78, 5) is 0. The Hall–Kier alpha value is -2.86. The van der Waals surface area contributed by atoms with Crippen LogP contribution in [0.4, 0.5) is 0 Å². The number of fused-ring (bicyclic) bond motifs is 4. The Kier molecular flexibility index (Phi) is 4.49. The van der Waals surface area contributed by atoms with E-state index in [-0.39, 0.29) is 0 Å². The van der Waals surface area contributed by atoms with Crippen LogP contribution >= 0.6 is 0 Å². The molecule has 5 aromatic carbocycles. The maximum absolute atomic E-state index is 2.41. The summed E-state index contributed by atoms with van der Waals surface area (Å²) in [6.45, 7) is 2.28. The average Bonchev–Trinajstić information content (AvgIpc) is 2.72. The third-order valence-corrected chi connectivity index (χ3v) is 6.05. The molecule has 0 heteroatoms. The lowest BCUT2D eigenvalue weighted by molar-refractivity contribution is 0.668. The third-order valence-electron chi connectivity index (χ3n) is 6.05. The zero-order valence-electron chi connectivity index (χ0n) is 16.5. The Morgan fingerprint density at radius 2 is 1.07 bits per heavy atom. The summed E-state index contributed by atoms with van der Waals surface area (Å²) in [7, 11) is 0. The molecule has 0 fully saturated rings. The van der Waals surface area contributed by atoms with Crippen molar-refractivity contribution in [3.8, 4) is 0 Å². The van der Waals surface area contributed by atoms with Crippen molar-refractivity contribution in [3.05, 3.63) is 84.4 Å². The van der Waals surface area contributed by atoms with E-state index in [4.69, 9.17) is 0 Å². The number of aryl methyl sites for hydroxylation is 1. The molecule has 0 unspecified atom stereocenters. The molecule has 0 aliphatic heterocycles. The summed E-state index contributed by atoms with van der Waals surface area (Å²) < 4.78 is 0. The minimum absolute atomic E-state index is 1.18. The normalized spacial score (nSPS) is 11.8. The van der Waals surface area contributed by atoms with Crippen LogP contribution in [0.2, 0.25) is 0 Å². The van der Waals surface area contributed by atoms with Gasteiger partial charge >= 0.3 is 0 Å². The zero-order chi connectivity index (χ0) is 18.9. The largest absolute Gasteiger partial charge is 0.0654 e. The van der Waals surface area contributed by atoms with Crippen LogP contribution in [0.3, 0.4) is 0 Å². The van der Waals surface area contributed by atoms with Crippen molar-refractivity contribution >= 4 is 43.1 Å². The molecule has 0 aliphatic carbocycles. The van der Waals surface area contributed by atoms with Crippen molar-refractivity contribution < 1.29 is 0 Å². The summed E-state index contributed by atoms with van der Waals surface area (Å²) in [5.41, 5.74) is 1.49. The van der Waals surface area contributed by atoms with Crippen molar-refractivity contribution in [2.24, 2.45) is 0 Å². The quantitative estimate of drug-likeness (QED) is 0.217. The van der Waals surface area contributed by atoms with Crippen LogP contribution in [0.15, 0.2) is 78.9 Å². The van der Waals surface area contributed by atoms with E-state index < -0.39 is 0 Å². The van der Waals surface area contributed by atoms with Gasteiger partial charge in [0.15, 0.2) is 0 Å². The van der Waals surface area contributed by atoms with Gasteiger partial charge in [-0.05, 0) is 97.9 Å². The highest BCUT2D eigenvalue weighted by Crippen LogP contribution is 2.31. The van der Waals surface area contributed by atoms with Crippen LogP contribution in [0.1, 0.15) is 38.2 Å². The Balaban J connectivity index is 1.65. The molecule has 0 N–H and O–H groups in total. The first-order chi connectivity index (χ1) is 13.8. The minimum atomic E-state index is 1.18. The van der Waals surface area contributed by atoms with Gasteiger partial charge in [0.2, 0.25) is 0 Å². The predicted octanol–water partition coefficient (Wildman–Crippen LogP) is 8.42. The van der Waals surface area contributed by atoms with Crippen LogP contribution in [0.25, 0.3) is 43.1 Å². The Morgan fingerprint density at radius 1 is 0.500 bits per heavy atom. The summed E-state index contributed by atoms with van der Waals surface area (Å²) in [6.07, 6.45) is 6.43. The van der Waals surface area contributed by atoms with Crippen molar-refractivity contribution in [1.82, 2.24) is 0 Å². The highest BCUT2D eigenvalue weighted by atomic mass is 14.1. The van der Waals surface area contributed by atoms with Crippen LogP contribution in [-0.2, 0) is 6.42 Å². The molecule has 138 valence electrons. The fourth-order valence-electron chi connectivity index (χ4n) is 4.50.